The number of benzene rings is 1. The number of nitrogens with zero attached hydrogens (tertiary/aromatic N) is 3. The smallest absolute Gasteiger partial charge is 0.421 e. The first kappa shape index (κ1) is 32.1. The zero-order chi connectivity index (χ0) is 30.2. The Balaban J connectivity index is 1.26. The molecule has 0 aliphatic carbocycles. The van der Waals surface area contributed by atoms with Crippen molar-refractivity contribution in [1.82, 2.24) is 15.0 Å². The number of hydrogen-bond donors (Lipinski definition) is 3. The number of cyclic esters (lactones) is 1. The van der Waals surface area contributed by atoms with Crippen molar-refractivity contribution in [1.29, 1.82) is 0 Å². The van der Waals surface area contributed by atoms with Crippen molar-refractivity contribution in [3.8, 4) is 11.3 Å². The van der Waals surface area contributed by atoms with Crippen molar-refractivity contribution in [3.63, 3.8) is 0 Å². The fourth-order valence-corrected chi connectivity index (χ4v) is 6.56. The highest BCUT2D eigenvalue weighted by Gasteiger charge is 2.45. The second-order valence-corrected chi connectivity index (χ2v) is 13.5. The van der Waals surface area contributed by atoms with Crippen molar-refractivity contribution in [3.05, 3.63) is 70.3 Å². The lowest BCUT2D eigenvalue weighted by molar-refractivity contribution is -0.164. The maximum atomic E-state index is 13.4. The van der Waals surface area contributed by atoms with Gasteiger partial charge in [-0.25, -0.2) is 0 Å². The Hall–Kier alpha value is -2.84. The number of aryl methyl sites for hydroxylation is 1. The van der Waals surface area contributed by atoms with Gasteiger partial charge in [0.1, 0.15) is 5.69 Å². The van der Waals surface area contributed by atoms with Crippen LogP contribution in [0.1, 0.15) is 80.8 Å². The molecule has 228 valence electrons. The van der Waals surface area contributed by atoms with E-state index in [0.717, 1.165) is 69.6 Å². The van der Waals surface area contributed by atoms with Crippen LogP contribution in [0.25, 0.3) is 11.3 Å². The van der Waals surface area contributed by atoms with Crippen molar-refractivity contribution in [2.75, 3.05) is 0 Å². The summed E-state index contributed by atoms with van der Waals surface area (Å²) in [6.07, 6.45) is 7.18. The van der Waals surface area contributed by atoms with Crippen LogP contribution in [0.5, 0.6) is 0 Å². The molecule has 0 spiro atoms. The molecule has 0 amide bonds. The predicted octanol–water partition coefficient (Wildman–Crippen LogP) is 6.30. The SMILES string of the molecule is O=C1OC(C(F)(F)F)=C[C@@H](c2ccc(-c3cn(CCCCCCCCCCC[Si](O)(O)O)nn3)cc2)[C@@H]1c1ccsc1. The van der Waals surface area contributed by atoms with E-state index in [1.54, 1.807) is 45.8 Å². The Bertz CT molecular complexity index is 1310. The summed E-state index contributed by atoms with van der Waals surface area (Å²) in [4.78, 5) is 39.7. The Labute approximate surface area is 247 Å². The molecule has 0 radical (unpaired) electrons. The average molecular weight is 624 g/mol. The average Bonchev–Trinajstić information content (AvgIpc) is 3.63. The number of ether oxygens (including phenoxy) is 1. The fourth-order valence-electron chi connectivity index (χ4n) is 5.14. The lowest BCUT2D eigenvalue weighted by atomic mass is 9.80. The van der Waals surface area contributed by atoms with Crippen molar-refractivity contribution >= 4 is 26.1 Å². The van der Waals surface area contributed by atoms with Crippen molar-refractivity contribution in [2.45, 2.75) is 88.4 Å². The summed E-state index contributed by atoms with van der Waals surface area (Å²) >= 11 is 1.37. The van der Waals surface area contributed by atoms with E-state index in [1.807, 2.05) is 6.20 Å². The molecule has 0 unspecified atom stereocenters. The van der Waals surface area contributed by atoms with Gasteiger partial charge in [0, 0.05) is 24.1 Å². The second kappa shape index (κ2) is 14.6. The zero-order valence-corrected chi connectivity index (χ0v) is 25.0. The molecule has 0 fully saturated rings. The van der Waals surface area contributed by atoms with Gasteiger partial charge in [0.2, 0.25) is 5.76 Å². The molecule has 1 aliphatic heterocycles. The largest absolute Gasteiger partial charge is 0.492 e. The van der Waals surface area contributed by atoms with Gasteiger partial charge in [0.15, 0.2) is 0 Å². The Morgan fingerprint density at radius 2 is 1.55 bits per heavy atom. The van der Waals surface area contributed by atoms with Crippen LogP contribution >= 0.6 is 11.3 Å². The third-order valence-corrected chi connectivity index (χ3v) is 9.09. The van der Waals surface area contributed by atoms with Gasteiger partial charge in [0.25, 0.3) is 0 Å². The Kier molecular flexibility index (Phi) is 11.1. The summed E-state index contributed by atoms with van der Waals surface area (Å²) in [6.45, 7) is 0.734. The highest BCUT2D eigenvalue weighted by atomic mass is 32.1. The van der Waals surface area contributed by atoms with E-state index >= 15 is 0 Å². The maximum Gasteiger partial charge on any atom is 0.492 e. The van der Waals surface area contributed by atoms with Crippen molar-refractivity contribution < 1.29 is 37.1 Å². The van der Waals surface area contributed by atoms with E-state index in [0.29, 0.717) is 23.2 Å². The van der Waals surface area contributed by atoms with Gasteiger partial charge < -0.3 is 19.1 Å². The first-order valence-corrected chi connectivity index (χ1v) is 17.2. The van der Waals surface area contributed by atoms with Crippen LogP contribution in [0.2, 0.25) is 6.04 Å². The number of halogens is 3. The lowest BCUT2D eigenvalue weighted by Crippen LogP contribution is -2.33. The standard InChI is InChI=1S/C29H36F3N3O5SSi/c30-29(31,32)26-18-24(27(28(36)40-26)23-14-16-41-20-23)21-10-12-22(13-11-21)25-19-35(34-33-25)15-8-6-4-2-1-3-5-7-9-17-42(37,38)39/h10-14,16,18-20,24,27,37-39H,1-9,15,17H2/t24-,27-/m0/s1. The predicted molar refractivity (Wildman–Crippen MR) is 154 cm³/mol. The number of unbranched alkanes of at least 4 members (excludes halogenated alkanes) is 8. The maximum absolute atomic E-state index is 13.4. The third-order valence-electron chi connectivity index (χ3n) is 7.37. The third kappa shape index (κ3) is 9.33. The van der Waals surface area contributed by atoms with Crippen LogP contribution in [0.3, 0.4) is 0 Å². The molecule has 0 saturated carbocycles. The summed E-state index contributed by atoms with van der Waals surface area (Å²) in [6, 6.07) is 8.86. The number of allylic oxidation sites excluding steroid dienone is 2. The summed E-state index contributed by atoms with van der Waals surface area (Å²) in [5.41, 5.74) is 2.64. The van der Waals surface area contributed by atoms with Crippen LogP contribution in [0.4, 0.5) is 13.2 Å². The van der Waals surface area contributed by atoms with Crippen molar-refractivity contribution in [2.24, 2.45) is 0 Å². The number of aromatic nitrogens is 3. The highest BCUT2D eigenvalue weighted by molar-refractivity contribution is 7.08. The number of carbonyl (C=O) groups is 1. The zero-order valence-electron chi connectivity index (χ0n) is 23.2. The van der Waals surface area contributed by atoms with Gasteiger partial charge in [-0.1, -0.05) is 74.4 Å². The molecule has 0 saturated heterocycles. The van der Waals surface area contributed by atoms with E-state index in [-0.39, 0.29) is 6.04 Å². The molecule has 3 N–H and O–H groups in total. The number of carbonyl (C=O) groups excluding carboxylic acids is 1. The number of thiophene rings is 1. The highest BCUT2D eigenvalue weighted by Crippen LogP contribution is 2.44. The summed E-state index contributed by atoms with van der Waals surface area (Å²) in [5.74, 6) is -3.89. The molecule has 1 aromatic carbocycles. The quantitative estimate of drug-likeness (QED) is 0.103. The first-order chi connectivity index (χ1) is 20.0. The molecule has 2 aromatic heterocycles. The van der Waals surface area contributed by atoms with E-state index in [1.165, 1.54) is 11.3 Å². The normalized spacial score (nSPS) is 17.8. The number of rotatable bonds is 15. The Morgan fingerprint density at radius 1 is 0.905 bits per heavy atom. The van der Waals surface area contributed by atoms with E-state index < -0.39 is 38.5 Å². The lowest BCUT2D eigenvalue weighted by Gasteiger charge is -2.29. The van der Waals surface area contributed by atoms with Gasteiger partial charge in [-0.05, 0) is 46.9 Å². The molecule has 13 heteroatoms. The van der Waals surface area contributed by atoms with Gasteiger partial charge in [-0.3, -0.25) is 9.48 Å². The molecule has 4 rings (SSSR count). The molecule has 3 aromatic rings. The fraction of sp³-hybridized carbons (Fsp3) is 0.483. The van der Waals surface area contributed by atoms with Gasteiger partial charge in [-0.15, -0.1) is 5.10 Å². The molecule has 8 nitrogen and oxygen atoms in total. The van der Waals surface area contributed by atoms with Gasteiger partial charge >= 0.3 is 21.0 Å². The minimum Gasteiger partial charge on any atom is -0.421 e. The topological polar surface area (TPSA) is 118 Å². The molecule has 0 bridgehead atoms. The van der Waals surface area contributed by atoms with Crippen LogP contribution in [-0.2, 0) is 16.1 Å². The minimum atomic E-state index is -4.76. The van der Waals surface area contributed by atoms with Gasteiger partial charge in [-0.2, -0.15) is 24.5 Å². The molecule has 1 aliphatic rings. The van der Waals surface area contributed by atoms with Gasteiger partial charge in [0.05, 0.1) is 12.1 Å². The van der Waals surface area contributed by atoms with Crippen LogP contribution in [0.15, 0.2) is 59.1 Å². The van der Waals surface area contributed by atoms with E-state index in [2.05, 4.69) is 15.0 Å². The second-order valence-electron chi connectivity index (χ2n) is 10.7. The number of hydrogen-bond acceptors (Lipinski definition) is 8. The van der Waals surface area contributed by atoms with E-state index in [4.69, 9.17) is 14.4 Å². The molecule has 3 heterocycles. The van der Waals surface area contributed by atoms with Crippen LogP contribution in [-0.4, -0.2) is 50.3 Å². The Morgan fingerprint density at radius 3 is 2.14 bits per heavy atom. The summed E-state index contributed by atoms with van der Waals surface area (Å²) in [5, 5.41) is 12.0. The molecular formula is C29H36F3N3O5SSi. The summed E-state index contributed by atoms with van der Waals surface area (Å²) in [7, 11) is -3.88. The van der Waals surface area contributed by atoms with Crippen LogP contribution < -0.4 is 0 Å². The molecular weight excluding hydrogens is 587 g/mol. The monoisotopic (exact) mass is 623 g/mol. The minimum absolute atomic E-state index is 0.112. The first-order valence-electron chi connectivity index (χ1n) is 14.2. The summed E-state index contributed by atoms with van der Waals surface area (Å²) < 4.78 is 46.8. The molecule has 42 heavy (non-hydrogen) atoms. The number of alkyl halides is 3. The molecule has 2 atom stereocenters. The van der Waals surface area contributed by atoms with Crippen LogP contribution in [0, 0.1) is 0 Å². The number of esters is 1. The van der Waals surface area contributed by atoms with E-state index in [9.17, 15) is 18.0 Å².